The quantitative estimate of drug-likeness (QED) is 0.790. The average molecular weight is 205 g/mol. The van der Waals surface area contributed by atoms with E-state index in [1.165, 1.54) is 0 Å². The van der Waals surface area contributed by atoms with Crippen molar-refractivity contribution in [3.05, 3.63) is 23.9 Å². The number of nitrogens with two attached hydrogens (primary N) is 1. The smallest absolute Gasteiger partial charge is 0.141 e. The van der Waals surface area contributed by atoms with E-state index < -0.39 is 0 Å². The zero-order valence-electron chi connectivity index (χ0n) is 8.77. The molecule has 0 aliphatic rings. The highest BCUT2D eigenvalue weighted by Crippen LogP contribution is 2.26. The van der Waals surface area contributed by atoms with E-state index >= 15 is 0 Å². The molecule has 0 atom stereocenters. The van der Waals surface area contributed by atoms with Gasteiger partial charge < -0.3 is 10.8 Å². The van der Waals surface area contributed by atoms with Crippen molar-refractivity contribution in [2.45, 2.75) is 12.8 Å². The number of benzene rings is 1. The normalized spacial score (nSPS) is 11.1. The Bertz CT molecular complexity index is 476. The summed E-state index contributed by atoms with van der Waals surface area (Å²) in [5.41, 5.74) is 7.28. The van der Waals surface area contributed by atoms with Crippen molar-refractivity contribution in [1.29, 1.82) is 0 Å². The summed E-state index contributed by atoms with van der Waals surface area (Å²) in [4.78, 5) is 0. The molecule has 4 nitrogen and oxygen atoms in total. The molecule has 0 amide bonds. The number of para-hydroxylation sites is 1. The number of nitrogens with zero attached hydrogens (tertiary/aromatic N) is 2. The number of phenols is 1. The molecular weight excluding hydrogens is 190 g/mol. The van der Waals surface area contributed by atoms with E-state index in [1.54, 1.807) is 10.7 Å². The largest absolute Gasteiger partial charge is 0.506 e. The van der Waals surface area contributed by atoms with Crippen molar-refractivity contribution in [1.82, 2.24) is 9.78 Å². The molecule has 0 fully saturated rings. The summed E-state index contributed by atoms with van der Waals surface area (Å²) in [5.74, 6) is 0.279. The van der Waals surface area contributed by atoms with Gasteiger partial charge in [-0.1, -0.05) is 12.1 Å². The third-order valence-corrected chi connectivity index (χ3v) is 2.54. The lowest BCUT2D eigenvalue weighted by molar-refractivity contribution is 0.477. The zero-order chi connectivity index (χ0) is 10.8. The van der Waals surface area contributed by atoms with E-state index in [-0.39, 0.29) is 5.75 Å². The highest BCUT2D eigenvalue weighted by Gasteiger charge is 2.10. The minimum absolute atomic E-state index is 0.279. The SMILES string of the molecule is Cn1nc(CCCN)c2cccc(O)c21. The molecule has 0 radical (unpaired) electrons. The van der Waals surface area contributed by atoms with E-state index in [0.717, 1.165) is 29.4 Å². The van der Waals surface area contributed by atoms with Gasteiger partial charge in [-0.25, -0.2) is 0 Å². The number of rotatable bonds is 3. The van der Waals surface area contributed by atoms with E-state index in [2.05, 4.69) is 5.10 Å². The van der Waals surface area contributed by atoms with Crippen LogP contribution in [0, 0.1) is 0 Å². The fraction of sp³-hybridized carbons (Fsp3) is 0.364. The van der Waals surface area contributed by atoms with Crippen molar-refractivity contribution in [3.63, 3.8) is 0 Å². The predicted molar refractivity (Wildman–Crippen MR) is 59.8 cm³/mol. The van der Waals surface area contributed by atoms with Crippen LogP contribution in [-0.2, 0) is 13.5 Å². The lowest BCUT2D eigenvalue weighted by Gasteiger charge is -1.97. The van der Waals surface area contributed by atoms with Crippen molar-refractivity contribution in [2.75, 3.05) is 6.54 Å². The van der Waals surface area contributed by atoms with Gasteiger partial charge in [0.15, 0.2) is 0 Å². The number of phenolic OH excluding ortho intramolecular Hbond substituents is 1. The standard InChI is InChI=1S/C11H15N3O/c1-14-11-8(4-2-6-10(11)15)9(13-14)5-3-7-12/h2,4,6,15H,3,5,7,12H2,1H3. The van der Waals surface area contributed by atoms with E-state index in [1.807, 2.05) is 19.2 Å². The monoisotopic (exact) mass is 205 g/mol. The van der Waals surface area contributed by atoms with Crippen molar-refractivity contribution < 1.29 is 5.11 Å². The lowest BCUT2D eigenvalue weighted by Crippen LogP contribution is -2.01. The molecule has 1 heterocycles. The van der Waals surface area contributed by atoms with Gasteiger partial charge >= 0.3 is 0 Å². The summed E-state index contributed by atoms with van der Waals surface area (Å²) in [6, 6.07) is 5.50. The maximum absolute atomic E-state index is 9.71. The Morgan fingerprint density at radius 3 is 3.00 bits per heavy atom. The molecule has 1 aromatic heterocycles. The number of hydrogen-bond donors (Lipinski definition) is 2. The van der Waals surface area contributed by atoms with Gasteiger partial charge in [0, 0.05) is 12.4 Å². The maximum atomic E-state index is 9.71. The van der Waals surface area contributed by atoms with Crippen molar-refractivity contribution in [2.24, 2.45) is 12.8 Å². The molecule has 1 aromatic carbocycles. The number of fused-ring (bicyclic) bond motifs is 1. The van der Waals surface area contributed by atoms with Gasteiger partial charge in [0.2, 0.25) is 0 Å². The van der Waals surface area contributed by atoms with Gasteiger partial charge in [0.25, 0.3) is 0 Å². The molecule has 15 heavy (non-hydrogen) atoms. The molecule has 0 spiro atoms. The number of hydrogen-bond acceptors (Lipinski definition) is 3. The van der Waals surface area contributed by atoms with Gasteiger partial charge in [-0.15, -0.1) is 0 Å². The Balaban J connectivity index is 2.53. The van der Waals surface area contributed by atoms with Crippen LogP contribution in [0.4, 0.5) is 0 Å². The fourth-order valence-electron chi connectivity index (χ4n) is 1.84. The minimum atomic E-state index is 0.279. The van der Waals surface area contributed by atoms with Gasteiger partial charge in [-0.2, -0.15) is 5.10 Å². The topological polar surface area (TPSA) is 64.1 Å². The maximum Gasteiger partial charge on any atom is 0.141 e. The van der Waals surface area contributed by atoms with Crippen LogP contribution in [0.5, 0.6) is 5.75 Å². The first-order chi connectivity index (χ1) is 7.24. The third-order valence-electron chi connectivity index (χ3n) is 2.54. The number of aryl methyl sites for hydroxylation is 2. The van der Waals surface area contributed by atoms with Crippen LogP contribution in [0.15, 0.2) is 18.2 Å². The van der Waals surface area contributed by atoms with Crippen molar-refractivity contribution >= 4 is 10.9 Å². The fourth-order valence-corrected chi connectivity index (χ4v) is 1.84. The molecule has 0 bridgehead atoms. The Morgan fingerprint density at radius 2 is 2.27 bits per heavy atom. The minimum Gasteiger partial charge on any atom is -0.506 e. The first-order valence-corrected chi connectivity index (χ1v) is 5.07. The van der Waals surface area contributed by atoms with Gasteiger partial charge in [-0.3, -0.25) is 4.68 Å². The Morgan fingerprint density at radius 1 is 1.47 bits per heavy atom. The number of aromatic nitrogens is 2. The Labute approximate surface area is 88.3 Å². The van der Waals surface area contributed by atoms with Crippen molar-refractivity contribution in [3.8, 4) is 5.75 Å². The predicted octanol–water partition coefficient (Wildman–Crippen LogP) is 1.17. The second-order valence-corrected chi connectivity index (χ2v) is 3.64. The summed E-state index contributed by atoms with van der Waals surface area (Å²) in [7, 11) is 1.84. The molecule has 0 aliphatic heterocycles. The zero-order valence-corrected chi connectivity index (χ0v) is 8.77. The van der Waals surface area contributed by atoms with Crippen LogP contribution < -0.4 is 5.73 Å². The van der Waals surface area contributed by atoms with Crippen LogP contribution in [0.1, 0.15) is 12.1 Å². The Hall–Kier alpha value is -1.55. The summed E-state index contributed by atoms with van der Waals surface area (Å²) in [5, 5.41) is 15.1. The summed E-state index contributed by atoms with van der Waals surface area (Å²) < 4.78 is 1.72. The molecule has 80 valence electrons. The van der Waals surface area contributed by atoms with Crippen LogP contribution in [0.3, 0.4) is 0 Å². The number of aromatic hydroxyl groups is 1. The van der Waals surface area contributed by atoms with Crippen LogP contribution in [-0.4, -0.2) is 21.4 Å². The van der Waals surface area contributed by atoms with E-state index in [9.17, 15) is 5.11 Å². The third kappa shape index (κ3) is 1.68. The molecule has 0 saturated heterocycles. The van der Waals surface area contributed by atoms with Crippen LogP contribution >= 0.6 is 0 Å². The molecule has 2 rings (SSSR count). The van der Waals surface area contributed by atoms with Crippen LogP contribution in [0.25, 0.3) is 10.9 Å². The van der Waals surface area contributed by atoms with Gasteiger partial charge in [-0.05, 0) is 25.5 Å². The second kappa shape index (κ2) is 3.90. The summed E-state index contributed by atoms with van der Waals surface area (Å²) in [6.45, 7) is 0.664. The van der Waals surface area contributed by atoms with E-state index in [4.69, 9.17) is 5.73 Å². The highest BCUT2D eigenvalue weighted by molar-refractivity contribution is 5.87. The van der Waals surface area contributed by atoms with E-state index in [0.29, 0.717) is 6.54 Å². The molecule has 4 heteroatoms. The molecule has 2 aromatic rings. The molecule has 3 N–H and O–H groups in total. The molecule has 0 unspecified atom stereocenters. The summed E-state index contributed by atoms with van der Waals surface area (Å²) >= 11 is 0. The first-order valence-electron chi connectivity index (χ1n) is 5.07. The van der Waals surface area contributed by atoms with Gasteiger partial charge in [0.1, 0.15) is 11.3 Å². The average Bonchev–Trinajstić information content (AvgIpc) is 2.54. The molecular formula is C11H15N3O. The molecule has 0 saturated carbocycles. The van der Waals surface area contributed by atoms with Crippen LogP contribution in [0.2, 0.25) is 0 Å². The first kappa shape index (κ1) is 9.98. The Kier molecular flexibility index (Phi) is 2.60. The van der Waals surface area contributed by atoms with Gasteiger partial charge in [0.05, 0.1) is 5.69 Å². The molecule has 0 aliphatic carbocycles. The lowest BCUT2D eigenvalue weighted by atomic mass is 10.1. The summed E-state index contributed by atoms with van der Waals surface area (Å²) in [6.07, 6.45) is 1.78. The second-order valence-electron chi connectivity index (χ2n) is 3.64. The highest BCUT2D eigenvalue weighted by atomic mass is 16.3.